The maximum absolute atomic E-state index is 14.7. The first kappa shape index (κ1) is 27.5. The number of phenols is 2. The molecule has 222 valence electrons. The Kier molecular flexibility index (Phi) is 7.68. The molecule has 3 atom stereocenters. The largest absolute Gasteiger partial charge is 0.508 e. The van der Waals surface area contributed by atoms with Crippen LogP contribution in [0.3, 0.4) is 0 Å². The fraction of sp³-hybridized carbons (Fsp3) is 0.417. The summed E-state index contributed by atoms with van der Waals surface area (Å²) >= 11 is 1.41. The summed E-state index contributed by atoms with van der Waals surface area (Å²) in [5, 5.41) is 21.4. The van der Waals surface area contributed by atoms with E-state index in [4.69, 9.17) is 7.48 Å². The number of carbonyl (C=O) groups is 1. The van der Waals surface area contributed by atoms with Crippen molar-refractivity contribution in [2.24, 2.45) is 0 Å². The average molecular weight is 588 g/mol. The number of rotatable bonds is 7. The molecular formula is C36H43NO4S. The Hall–Kier alpha value is -3.35. The smallest absolute Gasteiger partial charge is 0.195 e. The minimum Gasteiger partial charge on any atom is -0.508 e. The van der Waals surface area contributed by atoms with Gasteiger partial charge in [0.05, 0.1) is 2.74 Å². The molecule has 1 aliphatic heterocycles. The van der Waals surface area contributed by atoms with Crippen LogP contribution in [0.25, 0.3) is 20.5 Å². The molecular weight excluding hydrogens is 542 g/mol. The van der Waals surface area contributed by atoms with Gasteiger partial charge in [0.25, 0.3) is 0 Å². The standard InChI is InChI=1S/C36H43NO4S/c1-19-16-27(38)12-13-28(19)36-34(33-26(8)24(6)30(39)17-32(33)42-36)35(40)29-14-15-31(25(7)23(29)5)41-18-22(4)37-20(2)10-9-11-21(37)3/h12-17,20-22,38-39H,9-11,18H2,1-8H3/i14D,15D. The molecule has 2 N–H and O–H groups in total. The predicted octanol–water partition coefficient (Wildman–Crippen LogP) is 8.78. The summed E-state index contributed by atoms with van der Waals surface area (Å²) in [4.78, 5) is 17.9. The fourth-order valence-electron chi connectivity index (χ4n) is 6.60. The van der Waals surface area contributed by atoms with Crippen molar-refractivity contribution in [1.82, 2.24) is 4.90 Å². The third kappa shape index (κ3) is 5.31. The van der Waals surface area contributed by atoms with Crippen LogP contribution in [0, 0.1) is 34.6 Å². The van der Waals surface area contributed by atoms with Gasteiger partial charge < -0.3 is 14.9 Å². The van der Waals surface area contributed by atoms with Crippen LogP contribution in [0.2, 0.25) is 0 Å². The molecule has 1 aromatic heterocycles. The first-order valence-electron chi connectivity index (χ1n) is 15.8. The highest BCUT2D eigenvalue weighted by atomic mass is 32.1. The lowest BCUT2D eigenvalue weighted by atomic mass is 9.90. The van der Waals surface area contributed by atoms with Crippen LogP contribution >= 0.6 is 11.3 Å². The van der Waals surface area contributed by atoms with Crippen LogP contribution in [0.4, 0.5) is 0 Å². The van der Waals surface area contributed by atoms with Gasteiger partial charge in [-0.2, -0.15) is 0 Å². The third-order valence-corrected chi connectivity index (χ3v) is 10.4. The summed E-state index contributed by atoms with van der Waals surface area (Å²) in [7, 11) is 0. The molecule has 0 saturated carbocycles. The molecule has 0 amide bonds. The minimum atomic E-state index is -0.332. The molecule has 0 bridgehead atoms. The number of aromatic hydroxyl groups is 2. The Morgan fingerprint density at radius 2 is 1.71 bits per heavy atom. The van der Waals surface area contributed by atoms with Gasteiger partial charge in [-0.3, -0.25) is 9.69 Å². The molecule has 1 aliphatic rings. The van der Waals surface area contributed by atoms with Crippen molar-refractivity contribution in [3.05, 3.63) is 75.3 Å². The van der Waals surface area contributed by atoms with E-state index >= 15 is 0 Å². The van der Waals surface area contributed by atoms with Gasteiger partial charge in [-0.25, -0.2) is 0 Å². The van der Waals surface area contributed by atoms with Gasteiger partial charge in [0.15, 0.2) is 5.78 Å². The van der Waals surface area contributed by atoms with Gasteiger partial charge in [0.2, 0.25) is 0 Å². The first-order chi connectivity index (χ1) is 20.7. The Morgan fingerprint density at radius 3 is 2.38 bits per heavy atom. The van der Waals surface area contributed by atoms with E-state index in [1.165, 1.54) is 17.8 Å². The first-order valence-corrected chi connectivity index (χ1v) is 15.7. The Labute approximate surface area is 256 Å². The Balaban J connectivity index is 1.62. The van der Waals surface area contributed by atoms with Crippen LogP contribution in [0.5, 0.6) is 17.2 Å². The normalized spacial score (nSPS) is 19.0. The zero-order valence-corrected chi connectivity index (χ0v) is 26.8. The van der Waals surface area contributed by atoms with E-state index in [-0.39, 0.29) is 41.0 Å². The summed E-state index contributed by atoms with van der Waals surface area (Å²) < 4.78 is 25.1. The predicted molar refractivity (Wildman–Crippen MR) is 174 cm³/mol. The van der Waals surface area contributed by atoms with E-state index in [0.29, 0.717) is 51.6 Å². The van der Waals surface area contributed by atoms with Crippen molar-refractivity contribution in [3.8, 4) is 27.7 Å². The molecule has 0 aliphatic carbocycles. The van der Waals surface area contributed by atoms with Crippen molar-refractivity contribution in [1.29, 1.82) is 0 Å². The van der Waals surface area contributed by atoms with Crippen molar-refractivity contribution in [3.63, 3.8) is 0 Å². The van der Waals surface area contributed by atoms with Gasteiger partial charge in [0.1, 0.15) is 23.9 Å². The highest BCUT2D eigenvalue weighted by molar-refractivity contribution is 7.23. The number of phenolic OH excluding ortho intramolecular Hbond substituents is 2. The number of thiophene rings is 1. The van der Waals surface area contributed by atoms with Crippen LogP contribution in [-0.4, -0.2) is 45.6 Å². The molecule has 0 radical (unpaired) electrons. The second kappa shape index (κ2) is 11.7. The molecule has 0 spiro atoms. The lowest BCUT2D eigenvalue weighted by Gasteiger charge is -2.42. The van der Waals surface area contributed by atoms with Crippen molar-refractivity contribution >= 4 is 27.2 Å². The second-order valence-electron chi connectivity index (χ2n) is 12.1. The molecule has 1 saturated heterocycles. The summed E-state index contributed by atoms with van der Waals surface area (Å²) in [6.45, 7) is 16.4. The van der Waals surface area contributed by atoms with Crippen LogP contribution in [0.1, 0.15) is 86.5 Å². The molecule has 2 heterocycles. The summed E-state index contributed by atoms with van der Waals surface area (Å²) in [6.07, 6.45) is 3.55. The van der Waals surface area contributed by atoms with Gasteiger partial charge >= 0.3 is 0 Å². The number of carbonyl (C=O) groups excluding carboxylic acids is 1. The molecule has 5 nitrogen and oxygen atoms in total. The highest BCUT2D eigenvalue weighted by Gasteiger charge is 2.30. The van der Waals surface area contributed by atoms with Crippen molar-refractivity contribution < 1.29 is 22.5 Å². The maximum Gasteiger partial charge on any atom is 0.195 e. The summed E-state index contributed by atoms with van der Waals surface area (Å²) in [5.74, 6) is 0.324. The summed E-state index contributed by atoms with van der Waals surface area (Å²) in [5.41, 5.74) is 5.04. The fourth-order valence-corrected chi connectivity index (χ4v) is 7.99. The molecule has 1 fully saturated rings. The van der Waals surface area contributed by atoms with Gasteiger partial charge in [0, 0.05) is 44.2 Å². The number of piperidine rings is 1. The van der Waals surface area contributed by atoms with E-state index in [0.717, 1.165) is 39.6 Å². The van der Waals surface area contributed by atoms with E-state index < -0.39 is 0 Å². The lowest BCUT2D eigenvalue weighted by molar-refractivity contribution is 0.0396. The molecule has 6 heteroatoms. The molecule has 3 aromatic carbocycles. The van der Waals surface area contributed by atoms with Crippen LogP contribution in [-0.2, 0) is 0 Å². The number of aryl methyl sites for hydroxylation is 2. The topological polar surface area (TPSA) is 70.0 Å². The maximum atomic E-state index is 14.7. The highest BCUT2D eigenvalue weighted by Crippen LogP contribution is 2.45. The number of nitrogens with zero attached hydrogens (tertiary/aromatic N) is 1. The average Bonchev–Trinajstić information content (AvgIpc) is 3.33. The lowest BCUT2D eigenvalue weighted by Crippen LogP contribution is -2.50. The Morgan fingerprint density at radius 1 is 1.02 bits per heavy atom. The molecule has 42 heavy (non-hydrogen) atoms. The zero-order chi connectivity index (χ0) is 32.2. The monoisotopic (exact) mass is 587 g/mol. The quantitative estimate of drug-likeness (QED) is 0.212. The number of ether oxygens (including phenoxy) is 1. The van der Waals surface area contributed by atoms with Gasteiger partial charge in [-0.05, 0) is 138 Å². The second-order valence-corrected chi connectivity index (χ2v) is 13.1. The van der Waals surface area contributed by atoms with E-state index in [2.05, 4.69) is 25.7 Å². The minimum absolute atomic E-state index is 0.0872. The van der Waals surface area contributed by atoms with Crippen LogP contribution in [0.15, 0.2) is 36.4 Å². The number of hydrogen-bond donors (Lipinski definition) is 2. The van der Waals surface area contributed by atoms with Gasteiger partial charge in [-0.1, -0.05) is 6.42 Å². The SMILES string of the molecule is [2H]c1c([2H])c(C(=O)c2c(-c3ccc(O)cc3C)sc3cc(O)c(C)c(C)c23)c(C)c(C)c1OCC(C)N1C(C)CCCC1C. The number of likely N-dealkylation sites (tertiary alicyclic amines) is 1. The number of hydrogen-bond acceptors (Lipinski definition) is 6. The van der Waals surface area contributed by atoms with Gasteiger partial charge in [-0.15, -0.1) is 11.3 Å². The molecule has 4 aromatic rings. The van der Waals surface area contributed by atoms with Crippen LogP contribution < -0.4 is 4.74 Å². The molecule has 3 unspecified atom stereocenters. The third-order valence-electron chi connectivity index (χ3n) is 9.25. The van der Waals surface area contributed by atoms with E-state index in [1.54, 1.807) is 24.3 Å². The van der Waals surface area contributed by atoms with Crippen molar-refractivity contribution in [2.45, 2.75) is 92.8 Å². The number of ketones is 1. The van der Waals surface area contributed by atoms with E-state index in [1.807, 2.05) is 34.6 Å². The Bertz CT molecular complexity index is 1740. The molecule has 5 rings (SSSR count). The number of fused-ring (bicyclic) bond motifs is 1. The van der Waals surface area contributed by atoms with E-state index in [9.17, 15) is 15.0 Å². The van der Waals surface area contributed by atoms with Crippen molar-refractivity contribution in [2.75, 3.05) is 6.61 Å². The summed E-state index contributed by atoms with van der Waals surface area (Å²) in [6, 6.07) is 7.58. The zero-order valence-electron chi connectivity index (χ0n) is 27.9. The number of benzene rings is 3.